The second-order valence-electron chi connectivity index (χ2n) is 7.26. The molecule has 1 fully saturated rings. The van der Waals surface area contributed by atoms with Crippen LogP contribution in [0.5, 0.6) is 0 Å². The first-order valence-corrected chi connectivity index (χ1v) is 11.1. The van der Waals surface area contributed by atoms with Gasteiger partial charge in [-0.3, -0.25) is 4.79 Å². The van der Waals surface area contributed by atoms with Crippen LogP contribution in [0.4, 0.5) is 13.2 Å². The van der Waals surface area contributed by atoms with Crippen LogP contribution in [0.3, 0.4) is 0 Å². The lowest BCUT2D eigenvalue weighted by Crippen LogP contribution is -2.35. The Kier molecular flexibility index (Phi) is 6.82. The summed E-state index contributed by atoms with van der Waals surface area (Å²) >= 11 is 0. The van der Waals surface area contributed by atoms with Crippen molar-refractivity contribution in [1.82, 2.24) is 9.62 Å². The fourth-order valence-corrected chi connectivity index (χ4v) is 4.92. The maximum absolute atomic E-state index is 12.8. The molecule has 1 N–H and O–H groups in total. The van der Waals surface area contributed by atoms with Gasteiger partial charge in [-0.25, -0.2) is 8.42 Å². The van der Waals surface area contributed by atoms with Crippen LogP contribution in [-0.2, 0) is 34.0 Å². The molecule has 3 rings (SSSR count). The predicted octanol–water partition coefficient (Wildman–Crippen LogP) is 3.74. The van der Waals surface area contributed by atoms with E-state index in [0.29, 0.717) is 24.2 Å². The quantitative estimate of drug-likeness (QED) is 0.744. The van der Waals surface area contributed by atoms with Gasteiger partial charge >= 0.3 is 6.18 Å². The Labute approximate surface area is 173 Å². The van der Waals surface area contributed by atoms with E-state index in [1.165, 1.54) is 22.5 Å². The first-order valence-electron chi connectivity index (χ1n) is 9.68. The van der Waals surface area contributed by atoms with Crippen LogP contribution < -0.4 is 5.32 Å². The van der Waals surface area contributed by atoms with Gasteiger partial charge < -0.3 is 5.32 Å². The largest absolute Gasteiger partial charge is 0.416 e. The van der Waals surface area contributed by atoms with Gasteiger partial charge in [0.05, 0.1) is 16.9 Å². The number of benzene rings is 2. The van der Waals surface area contributed by atoms with Gasteiger partial charge in [-0.2, -0.15) is 17.5 Å². The number of rotatable bonds is 6. The van der Waals surface area contributed by atoms with E-state index >= 15 is 0 Å². The van der Waals surface area contributed by atoms with E-state index in [1.54, 1.807) is 18.2 Å². The lowest BCUT2D eigenvalue weighted by atomic mass is 10.1. The molecule has 0 radical (unpaired) electrons. The number of alkyl halides is 3. The fourth-order valence-electron chi connectivity index (χ4n) is 3.33. The molecule has 0 bridgehead atoms. The molecule has 1 amide bonds. The molecule has 2 aromatic rings. The van der Waals surface area contributed by atoms with Gasteiger partial charge in [-0.05, 0) is 48.2 Å². The minimum Gasteiger partial charge on any atom is -0.352 e. The monoisotopic (exact) mass is 440 g/mol. The third-order valence-electron chi connectivity index (χ3n) is 4.99. The van der Waals surface area contributed by atoms with Gasteiger partial charge in [-0.15, -0.1) is 0 Å². The summed E-state index contributed by atoms with van der Waals surface area (Å²) < 4.78 is 64.8. The van der Waals surface area contributed by atoms with Crippen molar-refractivity contribution in [2.75, 3.05) is 13.1 Å². The Morgan fingerprint density at radius 1 is 0.967 bits per heavy atom. The molecule has 1 aliphatic heterocycles. The van der Waals surface area contributed by atoms with Crippen molar-refractivity contribution in [2.45, 2.75) is 43.3 Å². The summed E-state index contributed by atoms with van der Waals surface area (Å²) in [5, 5.41) is 2.68. The highest BCUT2D eigenvalue weighted by Crippen LogP contribution is 2.29. The number of amides is 1. The van der Waals surface area contributed by atoms with Crippen molar-refractivity contribution in [2.24, 2.45) is 0 Å². The number of nitrogens with zero attached hydrogens (tertiary/aromatic N) is 1. The van der Waals surface area contributed by atoms with Gasteiger partial charge in [0.2, 0.25) is 15.9 Å². The van der Waals surface area contributed by atoms with Crippen LogP contribution >= 0.6 is 0 Å². The van der Waals surface area contributed by atoms with E-state index in [1.807, 2.05) is 0 Å². The summed E-state index contributed by atoms with van der Waals surface area (Å²) in [6.07, 6.45) is -1.76. The number of piperidine rings is 1. The topological polar surface area (TPSA) is 66.5 Å². The molecule has 0 spiro atoms. The second-order valence-corrected chi connectivity index (χ2v) is 9.20. The van der Waals surface area contributed by atoms with E-state index in [9.17, 15) is 26.4 Å². The van der Waals surface area contributed by atoms with Crippen LogP contribution in [-0.4, -0.2) is 31.7 Å². The number of carbonyl (C=O) groups is 1. The van der Waals surface area contributed by atoms with Gasteiger partial charge in [0, 0.05) is 19.6 Å². The molecule has 2 aromatic carbocycles. The maximum Gasteiger partial charge on any atom is 0.416 e. The van der Waals surface area contributed by atoms with E-state index in [0.717, 1.165) is 31.4 Å². The molecule has 30 heavy (non-hydrogen) atoms. The third-order valence-corrected chi connectivity index (χ3v) is 6.88. The summed E-state index contributed by atoms with van der Waals surface area (Å²) in [4.78, 5) is 12.3. The zero-order valence-corrected chi connectivity index (χ0v) is 17.1. The minimum atomic E-state index is -4.42. The molecule has 5 nitrogen and oxygen atoms in total. The van der Waals surface area contributed by atoms with E-state index < -0.39 is 21.8 Å². The highest BCUT2D eigenvalue weighted by molar-refractivity contribution is 7.89. The van der Waals surface area contributed by atoms with Crippen LogP contribution in [0.15, 0.2) is 53.4 Å². The van der Waals surface area contributed by atoms with Crippen LogP contribution in [0, 0.1) is 0 Å². The molecule has 0 saturated carbocycles. The van der Waals surface area contributed by atoms with Gasteiger partial charge in [-0.1, -0.05) is 30.7 Å². The average Bonchev–Trinajstić information content (AvgIpc) is 2.73. The summed E-state index contributed by atoms with van der Waals surface area (Å²) in [6.45, 7) is 1.15. The zero-order chi connectivity index (χ0) is 21.8. The lowest BCUT2D eigenvalue weighted by Gasteiger charge is -2.26. The second kappa shape index (κ2) is 9.18. The van der Waals surface area contributed by atoms with Crippen LogP contribution in [0.1, 0.15) is 36.0 Å². The molecular formula is C21H23F3N2O3S. The van der Waals surface area contributed by atoms with Crippen LogP contribution in [0.25, 0.3) is 0 Å². The number of sulfonamides is 1. The molecule has 162 valence electrons. The van der Waals surface area contributed by atoms with Crippen molar-refractivity contribution in [3.05, 3.63) is 65.2 Å². The number of hydrogen-bond acceptors (Lipinski definition) is 3. The van der Waals surface area contributed by atoms with E-state index in [2.05, 4.69) is 5.32 Å². The van der Waals surface area contributed by atoms with Gasteiger partial charge in [0.1, 0.15) is 0 Å². The molecule has 0 aliphatic carbocycles. The zero-order valence-electron chi connectivity index (χ0n) is 16.3. The Hall–Kier alpha value is -2.39. The average molecular weight is 440 g/mol. The highest BCUT2D eigenvalue weighted by Gasteiger charge is 2.30. The normalized spacial score (nSPS) is 15.7. The molecule has 0 aromatic heterocycles. The predicted molar refractivity (Wildman–Crippen MR) is 106 cm³/mol. The summed E-state index contributed by atoms with van der Waals surface area (Å²) in [5.41, 5.74) is 0.328. The van der Waals surface area contributed by atoms with E-state index in [4.69, 9.17) is 0 Å². The maximum atomic E-state index is 12.8. The Morgan fingerprint density at radius 2 is 1.63 bits per heavy atom. The van der Waals surface area contributed by atoms with Crippen molar-refractivity contribution >= 4 is 15.9 Å². The number of carbonyl (C=O) groups excluding carboxylic acids is 1. The summed E-state index contributed by atoms with van der Waals surface area (Å²) in [7, 11) is -3.56. The smallest absolute Gasteiger partial charge is 0.352 e. The first-order chi connectivity index (χ1) is 14.2. The van der Waals surface area contributed by atoms with E-state index in [-0.39, 0.29) is 23.8 Å². The van der Waals surface area contributed by atoms with Crippen molar-refractivity contribution in [3.8, 4) is 0 Å². The van der Waals surface area contributed by atoms with Crippen LogP contribution in [0.2, 0.25) is 0 Å². The number of hydrogen-bond donors (Lipinski definition) is 1. The molecule has 9 heteroatoms. The molecule has 1 heterocycles. The highest BCUT2D eigenvalue weighted by atomic mass is 32.2. The standard InChI is InChI=1S/C21H23F3N2O3S/c22-21(23,24)18-9-7-16(8-10-18)14-20(27)25-15-17-5-4-6-19(13-17)30(28,29)26-11-2-1-3-12-26/h4-10,13H,1-3,11-12,14-15H2,(H,25,27). The van der Waals surface area contributed by atoms with Crippen molar-refractivity contribution in [1.29, 1.82) is 0 Å². The summed E-state index contributed by atoms with van der Waals surface area (Å²) in [5.74, 6) is -0.362. The molecule has 1 saturated heterocycles. The number of nitrogens with one attached hydrogen (secondary N) is 1. The van der Waals surface area contributed by atoms with Gasteiger partial charge in [0.25, 0.3) is 0 Å². The Bertz CT molecular complexity index is 983. The fraction of sp³-hybridized carbons (Fsp3) is 0.381. The molecular weight excluding hydrogens is 417 g/mol. The number of halogens is 3. The molecule has 0 unspecified atom stereocenters. The van der Waals surface area contributed by atoms with Crippen molar-refractivity contribution in [3.63, 3.8) is 0 Å². The lowest BCUT2D eigenvalue weighted by molar-refractivity contribution is -0.137. The Balaban J connectivity index is 1.59. The minimum absolute atomic E-state index is 0.0656. The molecule has 1 aliphatic rings. The third kappa shape index (κ3) is 5.60. The summed E-state index contributed by atoms with van der Waals surface area (Å²) in [6, 6.07) is 10.9. The van der Waals surface area contributed by atoms with Crippen molar-refractivity contribution < 1.29 is 26.4 Å². The Morgan fingerprint density at radius 3 is 2.27 bits per heavy atom. The SMILES string of the molecule is O=C(Cc1ccc(C(F)(F)F)cc1)NCc1cccc(S(=O)(=O)N2CCCCC2)c1. The molecule has 0 atom stereocenters. The van der Waals surface area contributed by atoms with Gasteiger partial charge in [0.15, 0.2) is 0 Å². The first kappa shape index (κ1) is 22.3.